The minimum atomic E-state index is 0.372. The Labute approximate surface area is 96.3 Å². The van der Waals surface area contributed by atoms with Crippen LogP contribution in [0.3, 0.4) is 0 Å². The molecule has 2 heteroatoms. The van der Waals surface area contributed by atoms with Crippen molar-refractivity contribution in [2.24, 2.45) is 0 Å². The number of amides is 1. The summed E-state index contributed by atoms with van der Waals surface area (Å²) in [4.78, 5) is 13.7. The van der Waals surface area contributed by atoms with E-state index in [1.807, 2.05) is 0 Å². The van der Waals surface area contributed by atoms with Crippen molar-refractivity contribution >= 4 is 5.91 Å². The number of rotatable bonds is 2. The standard InChI is InChI=1S/C14H17NO/c16-14-7-4-8-15(14)13-9-12(10-13)11-5-2-1-3-6-11/h1-3,5-6,12-13H,4,7-10H2. The Morgan fingerprint density at radius 1 is 1.12 bits per heavy atom. The zero-order valence-corrected chi connectivity index (χ0v) is 9.43. The number of nitrogens with zero attached hydrogens (tertiary/aromatic N) is 1. The first-order chi connectivity index (χ1) is 7.84. The Morgan fingerprint density at radius 2 is 1.88 bits per heavy atom. The average Bonchev–Trinajstić information content (AvgIpc) is 2.65. The third-order valence-corrected chi connectivity index (χ3v) is 3.93. The second-order valence-electron chi connectivity index (χ2n) is 4.92. The fourth-order valence-electron chi connectivity index (χ4n) is 2.89. The van der Waals surface area contributed by atoms with Crippen LogP contribution in [0.1, 0.15) is 37.2 Å². The van der Waals surface area contributed by atoms with Gasteiger partial charge in [0.25, 0.3) is 0 Å². The van der Waals surface area contributed by atoms with Gasteiger partial charge < -0.3 is 4.90 Å². The summed E-state index contributed by atoms with van der Waals surface area (Å²) in [6.45, 7) is 0.991. The van der Waals surface area contributed by atoms with E-state index in [0.717, 1.165) is 32.2 Å². The van der Waals surface area contributed by atoms with Crippen molar-refractivity contribution in [2.75, 3.05) is 6.54 Å². The van der Waals surface area contributed by atoms with Crippen LogP contribution in [0.25, 0.3) is 0 Å². The van der Waals surface area contributed by atoms with Crippen molar-refractivity contribution < 1.29 is 4.79 Å². The molecule has 0 unspecified atom stereocenters. The lowest BCUT2D eigenvalue weighted by Crippen LogP contribution is -2.44. The summed E-state index contributed by atoms with van der Waals surface area (Å²) in [5.74, 6) is 1.05. The maximum atomic E-state index is 11.6. The van der Waals surface area contributed by atoms with E-state index in [1.54, 1.807) is 0 Å². The molecule has 1 aromatic carbocycles. The summed E-state index contributed by atoms with van der Waals surface area (Å²) in [5, 5.41) is 0. The minimum absolute atomic E-state index is 0.372. The van der Waals surface area contributed by atoms with Gasteiger partial charge in [-0.15, -0.1) is 0 Å². The van der Waals surface area contributed by atoms with E-state index in [1.165, 1.54) is 5.56 Å². The molecule has 0 bridgehead atoms. The van der Waals surface area contributed by atoms with Gasteiger partial charge in [-0.1, -0.05) is 30.3 Å². The molecule has 0 atom stereocenters. The largest absolute Gasteiger partial charge is 0.340 e. The smallest absolute Gasteiger partial charge is 0.222 e. The minimum Gasteiger partial charge on any atom is -0.340 e. The van der Waals surface area contributed by atoms with Gasteiger partial charge in [-0.25, -0.2) is 0 Å². The number of benzene rings is 1. The lowest BCUT2D eigenvalue weighted by molar-refractivity contribution is -0.131. The van der Waals surface area contributed by atoms with Gasteiger partial charge in [0, 0.05) is 19.0 Å². The second-order valence-corrected chi connectivity index (χ2v) is 4.92. The Balaban J connectivity index is 1.61. The van der Waals surface area contributed by atoms with Crippen molar-refractivity contribution in [3.8, 4) is 0 Å². The third-order valence-electron chi connectivity index (χ3n) is 3.93. The van der Waals surface area contributed by atoms with Crippen LogP contribution in [0.4, 0.5) is 0 Å². The molecule has 1 aliphatic heterocycles. The number of hydrogen-bond acceptors (Lipinski definition) is 1. The molecule has 1 aromatic rings. The van der Waals surface area contributed by atoms with Gasteiger partial charge in [0.05, 0.1) is 0 Å². The lowest BCUT2D eigenvalue weighted by atomic mass is 9.75. The van der Waals surface area contributed by atoms with E-state index in [4.69, 9.17) is 0 Å². The van der Waals surface area contributed by atoms with E-state index < -0.39 is 0 Å². The normalized spacial score (nSPS) is 29.2. The first-order valence-corrected chi connectivity index (χ1v) is 6.19. The monoisotopic (exact) mass is 215 g/mol. The van der Waals surface area contributed by atoms with Gasteiger partial charge in [-0.2, -0.15) is 0 Å². The first kappa shape index (κ1) is 9.88. The molecule has 0 spiro atoms. The van der Waals surface area contributed by atoms with Crippen molar-refractivity contribution in [2.45, 2.75) is 37.6 Å². The predicted octanol–water partition coefficient (Wildman–Crippen LogP) is 2.56. The van der Waals surface area contributed by atoms with Crippen molar-refractivity contribution in [1.29, 1.82) is 0 Å². The van der Waals surface area contributed by atoms with Crippen LogP contribution >= 0.6 is 0 Å². The second kappa shape index (κ2) is 3.93. The van der Waals surface area contributed by atoms with Gasteiger partial charge in [0.2, 0.25) is 5.91 Å². The van der Waals surface area contributed by atoms with Gasteiger partial charge in [0.15, 0.2) is 0 Å². The lowest BCUT2D eigenvalue weighted by Gasteiger charge is -2.41. The number of carbonyl (C=O) groups is 1. The molecular formula is C14H17NO. The summed E-state index contributed by atoms with van der Waals surface area (Å²) < 4.78 is 0. The SMILES string of the molecule is O=C1CCCN1C1CC(c2ccccc2)C1. The Morgan fingerprint density at radius 3 is 2.50 bits per heavy atom. The molecule has 0 radical (unpaired) electrons. The zero-order valence-electron chi connectivity index (χ0n) is 9.43. The molecular weight excluding hydrogens is 198 g/mol. The van der Waals surface area contributed by atoms with Gasteiger partial charge in [-0.3, -0.25) is 4.79 Å². The summed E-state index contributed by atoms with van der Waals surface area (Å²) in [6.07, 6.45) is 4.16. The van der Waals surface area contributed by atoms with Crippen molar-refractivity contribution in [1.82, 2.24) is 4.90 Å². The molecule has 1 aliphatic carbocycles. The van der Waals surface area contributed by atoms with E-state index in [9.17, 15) is 4.79 Å². The van der Waals surface area contributed by atoms with Crippen molar-refractivity contribution in [3.05, 3.63) is 35.9 Å². The van der Waals surface area contributed by atoms with Crippen LogP contribution in [-0.4, -0.2) is 23.4 Å². The summed E-state index contributed by atoms with van der Waals surface area (Å²) in [7, 11) is 0. The Kier molecular flexibility index (Phi) is 2.43. The van der Waals surface area contributed by atoms with Crippen LogP contribution in [0.2, 0.25) is 0 Å². The van der Waals surface area contributed by atoms with Gasteiger partial charge >= 0.3 is 0 Å². The quantitative estimate of drug-likeness (QED) is 0.742. The Hall–Kier alpha value is -1.31. The van der Waals surface area contributed by atoms with Crippen LogP contribution in [0.5, 0.6) is 0 Å². The number of carbonyl (C=O) groups excluding carboxylic acids is 1. The molecule has 1 amide bonds. The van der Waals surface area contributed by atoms with E-state index in [0.29, 0.717) is 17.9 Å². The molecule has 1 heterocycles. The van der Waals surface area contributed by atoms with Crippen LogP contribution < -0.4 is 0 Å². The molecule has 0 aromatic heterocycles. The van der Waals surface area contributed by atoms with Crippen LogP contribution in [-0.2, 0) is 4.79 Å². The molecule has 2 nitrogen and oxygen atoms in total. The summed E-state index contributed by atoms with van der Waals surface area (Å²) >= 11 is 0. The fourth-order valence-corrected chi connectivity index (χ4v) is 2.89. The number of hydrogen-bond donors (Lipinski definition) is 0. The third kappa shape index (κ3) is 1.62. The topological polar surface area (TPSA) is 20.3 Å². The molecule has 84 valence electrons. The average molecular weight is 215 g/mol. The van der Waals surface area contributed by atoms with Gasteiger partial charge in [0.1, 0.15) is 0 Å². The molecule has 16 heavy (non-hydrogen) atoms. The van der Waals surface area contributed by atoms with E-state index >= 15 is 0 Å². The fraction of sp³-hybridized carbons (Fsp3) is 0.500. The summed E-state index contributed by atoms with van der Waals surface area (Å²) in [6, 6.07) is 11.2. The predicted molar refractivity (Wildman–Crippen MR) is 63.2 cm³/mol. The molecule has 1 saturated heterocycles. The molecule has 0 N–H and O–H groups in total. The molecule has 3 rings (SSSR count). The zero-order chi connectivity index (χ0) is 11.0. The van der Waals surface area contributed by atoms with E-state index in [-0.39, 0.29) is 0 Å². The highest BCUT2D eigenvalue weighted by atomic mass is 16.2. The molecule has 2 fully saturated rings. The first-order valence-electron chi connectivity index (χ1n) is 6.19. The maximum Gasteiger partial charge on any atom is 0.222 e. The highest BCUT2D eigenvalue weighted by molar-refractivity contribution is 5.78. The van der Waals surface area contributed by atoms with E-state index in [2.05, 4.69) is 35.2 Å². The maximum absolute atomic E-state index is 11.6. The highest BCUT2D eigenvalue weighted by Gasteiger charge is 2.38. The Bertz CT molecular complexity index is 381. The van der Waals surface area contributed by atoms with Gasteiger partial charge in [-0.05, 0) is 30.7 Å². The molecule has 2 aliphatic rings. The number of likely N-dealkylation sites (tertiary alicyclic amines) is 1. The summed E-state index contributed by atoms with van der Waals surface area (Å²) in [5.41, 5.74) is 1.44. The molecule has 1 saturated carbocycles. The van der Waals surface area contributed by atoms with Crippen LogP contribution in [0.15, 0.2) is 30.3 Å². The van der Waals surface area contributed by atoms with Crippen molar-refractivity contribution in [3.63, 3.8) is 0 Å². The van der Waals surface area contributed by atoms with Crippen LogP contribution in [0, 0.1) is 0 Å². The highest BCUT2D eigenvalue weighted by Crippen LogP contribution is 2.40.